The molecular formula is C16H13N3O3S. The summed E-state index contributed by atoms with van der Waals surface area (Å²) in [4.78, 5) is 0.909. The Hall–Kier alpha value is -2.85. The van der Waals surface area contributed by atoms with Crippen LogP contribution in [0.3, 0.4) is 0 Å². The third kappa shape index (κ3) is 3.17. The van der Waals surface area contributed by atoms with Crippen LogP contribution >= 0.6 is 11.3 Å². The first-order chi connectivity index (χ1) is 11.2. The fourth-order valence-electron chi connectivity index (χ4n) is 1.97. The molecule has 7 heteroatoms. The molecule has 0 aliphatic rings. The van der Waals surface area contributed by atoms with Crippen LogP contribution in [0.2, 0.25) is 0 Å². The van der Waals surface area contributed by atoms with E-state index in [-0.39, 0.29) is 0 Å². The van der Waals surface area contributed by atoms with Gasteiger partial charge in [0, 0.05) is 6.07 Å². The Morgan fingerprint density at radius 1 is 1.26 bits per heavy atom. The highest BCUT2D eigenvalue weighted by Crippen LogP contribution is 2.32. The average Bonchev–Trinajstić information content (AvgIpc) is 3.26. The van der Waals surface area contributed by atoms with E-state index < -0.39 is 6.10 Å². The van der Waals surface area contributed by atoms with Crippen LogP contribution in [0.1, 0.15) is 24.5 Å². The van der Waals surface area contributed by atoms with Crippen molar-refractivity contribution in [1.29, 1.82) is 5.26 Å². The number of methoxy groups -OCH3 is 1. The van der Waals surface area contributed by atoms with Gasteiger partial charge in [0.2, 0.25) is 0 Å². The standard InChI is InChI=1S/C16H13N3O3S/c1-10(15-18-19-16(22-15)14-4-3-7-23-14)21-12-6-5-11(9-17)8-13(12)20-2/h3-8,10H,1-2H3/t10-/m1/s1. The number of ether oxygens (including phenoxy) is 2. The second-order valence-corrected chi connectivity index (χ2v) is 5.61. The van der Waals surface area contributed by atoms with Crippen molar-refractivity contribution < 1.29 is 13.9 Å². The Kier molecular flexibility index (Phi) is 4.26. The molecule has 0 saturated heterocycles. The molecule has 6 nitrogen and oxygen atoms in total. The van der Waals surface area contributed by atoms with E-state index in [9.17, 15) is 0 Å². The predicted molar refractivity (Wildman–Crippen MR) is 84.4 cm³/mol. The Morgan fingerprint density at radius 3 is 2.83 bits per heavy atom. The van der Waals surface area contributed by atoms with E-state index in [0.29, 0.717) is 28.8 Å². The Balaban J connectivity index is 1.80. The van der Waals surface area contributed by atoms with Gasteiger partial charge in [0.25, 0.3) is 11.8 Å². The number of aromatic nitrogens is 2. The van der Waals surface area contributed by atoms with Crippen LogP contribution in [0.5, 0.6) is 11.5 Å². The summed E-state index contributed by atoms with van der Waals surface area (Å²) in [7, 11) is 1.52. The van der Waals surface area contributed by atoms with E-state index in [0.717, 1.165) is 4.88 Å². The third-order valence-electron chi connectivity index (χ3n) is 3.12. The molecule has 0 spiro atoms. The predicted octanol–water partition coefficient (Wildman–Crippen LogP) is 3.82. The molecule has 0 N–H and O–H groups in total. The summed E-state index contributed by atoms with van der Waals surface area (Å²) in [5.74, 6) is 1.83. The van der Waals surface area contributed by atoms with E-state index in [4.69, 9.17) is 19.2 Å². The fraction of sp³-hybridized carbons (Fsp3) is 0.188. The maximum absolute atomic E-state index is 8.92. The fourth-order valence-corrected chi connectivity index (χ4v) is 2.62. The molecule has 1 aromatic carbocycles. The minimum Gasteiger partial charge on any atom is -0.493 e. The van der Waals surface area contributed by atoms with Crippen LogP contribution in [-0.2, 0) is 0 Å². The highest BCUT2D eigenvalue weighted by atomic mass is 32.1. The first-order valence-electron chi connectivity index (χ1n) is 6.83. The molecule has 3 aromatic rings. The van der Waals surface area contributed by atoms with Crippen molar-refractivity contribution in [1.82, 2.24) is 10.2 Å². The van der Waals surface area contributed by atoms with Gasteiger partial charge in [-0.05, 0) is 30.5 Å². The van der Waals surface area contributed by atoms with Gasteiger partial charge in [-0.3, -0.25) is 0 Å². The number of thiophene rings is 1. The SMILES string of the molecule is COc1cc(C#N)ccc1O[C@H](C)c1nnc(-c2cccs2)o1. The summed E-state index contributed by atoms with van der Waals surface area (Å²) in [5.41, 5.74) is 0.500. The molecule has 0 saturated carbocycles. The van der Waals surface area contributed by atoms with Crippen LogP contribution < -0.4 is 9.47 Å². The first kappa shape index (κ1) is 15.1. The van der Waals surface area contributed by atoms with Crippen molar-refractivity contribution >= 4 is 11.3 Å². The topological polar surface area (TPSA) is 81.2 Å². The summed E-state index contributed by atoms with van der Waals surface area (Å²) in [6, 6.07) is 10.9. The molecule has 0 aliphatic carbocycles. The van der Waals surface area contributed by atoms with Crippen molar-refractivity contribution in [3.8, 4) is 28.3 Å². The molecule has 0 aliphatic heterocycles. The number of nitriles is 1. The lowest BCUT2D eigenvalue weighted by Crippen LogP contribution is -2.04. The number of nitrogens with zero attached hydrogens (tertiary/aromatic N) is 3. The van der Waals surface area contributed by atoms with E-state index in [1.165, 1.54) is 18.4 Å². The minimum atomic E-state index is -0.446. The van der Waals surface area contributed by atoms with Crippen LogP contribution in [0.25, 0.3) is 10.8 Å². The molecular weight excluding hydrogens is 314 g/mol. The van der Waals surface area contributed by atoms with Gasteiger partial charge in [0.15, 0.2) is 17.6 Å². The van der Waals surface area contributed by atoms with Gasteiger partial charge < -0.3 is 13.9 Å². The molecule has 116 valence electrons. The second-order valence-electron chi connectivity index (χ2n) is 4.66. The van der Waals surface area contributed by atoms with Crippen LogP contribution in [0.15, 0.2) is 40.1 Å². The van der Waals surface area contributed by atoms with Gasteiger partial charge in [-0.15, -0.1) is 21.5 Å². The van der Waals surface area contributed by atoms with Crippen molar-refractivity contribution in [2.75, 3.05) is 7.11 Å². The Morgan fingerprint density at radius 2 is 2.13 bits per heavy atom. The summed E-state index contributed by atoms with van der Waals surface area (Å²) in [6.45, 7) is 1.81. The van der Waals surface area contributed by atoms with Crippen LogP contribution in [0, 0.1) is 11.3 Å². The largest absolute Gasteiger partial charge is 0.493 e. The van der Waals surface area contributed by atoms with Gasteiger partial charge in [0.05, 0.1) is 23.6 Å². The highest BCUT2D eigenvalue weighted by molar-refractivity contribution is 7.13. The van der Waals surface area contributed by atoms with E-state index in [1.807, 2.05) is 24.4 Å². The van der Waals surface area contributed by atoms with E-state index in [1.54, 1.807) is 18.2 Å². The first-order valence-corrected chi connectivity index (χ1v) is 7.71. The third-order valence-corrected chi connectivity index (χ3v) is 3.97. The molecule has 0 fully saturated rings. The number of rotatable bonds is 5. The molecule has 0 bridgehead atoms. The zero-order valence-electron chi connectivity index (χ0n) is 12.5. The van der Waals surface area contributed by atoms with Crippen LogP contribution in [-0.4, -0.2) is 17.3 Å². The van der Waals surface area contributed by atoms with Crippen LogP contribution in [0.4, 0.5) is 0 Å². The smallest absolute Gasteiger partial charge is 0.257 e. The molecule has 2 aromatic heterocycles. The molecule has 0 unspecified atom stereocenters. The van der Waals surface area contributed by atoms with Crippen molar-refractivity contribution in [3.63, 3.8) is 0 Å². The zero-order valence-corrected chi connectivity index (χ0v) is 13.3. The molecule has 0 amide bonds. The number of hydrogen-bond acceptors (Lipinski definition) is 7. The van der Waals surface area contributed by atoms with Crippen molar-refractivity contribution in [2.24, 2.45) is 0 Å². The summed E-state index contributed by atoms with van der Waals surface area (Å²) in [6.07, 6.45) is -0.446. The minimum absolute atomic E-state index is 0.375. The molecule has 23 heavy (non-hydrogen) atoms. The van der Waals surface area contributed by atoms with Crippen molar-refractivity contribution in [3.05, 3.63) is 47.2 Å². The summed E-state index contributed by atoms with van der Waals surface area (Å²) in [5, 5.41) is 18.9. The lowest BCUT2D eigenvalue weighted by molar-refractivity contribution is 0.182. The lowest BCUT2D eigenvalue weighted by atomic mass is 10.2. The van der Waals surface area contributed by atoms with Gasteiger partial charge >= 0.3 is 0 Å². The van der Waals surface area contributed by atoms with E-state index in [2.05, 4.69) is 16.3 Å². The number of hydrogen-bond donors (Lipinski definition) is 0. The summed E-state index contributed by atoms with van der Waals surface area (Å²) < 4.78 is 16.7. The Labute approximate surface area is 136 Å². The van der Waals surface area contributed by atoms with Gasteiger partial charge in [0.1, 0.15) is 0 Å². The normalized spacial score (nSPS) is 11.7. The zero-order chi connectivity index (χ0) is 16.2. The monoisotopic (exact) mass is 327 g/mol. The highest BCUT2D eigenvalue weighted by Gasteiger charge is 2.18. The molecule has 0 radical (unpaired) electrons. The van der Waals surface area contributed by atoms with Gasteiger partial charge in [-0.1, -0.05) is 6.07 Å². The molecule has 3 rings (SSSR count). The Bertz CT molecular complexity index is 837. The average molecular weight is 327 g/mol. The second kappa shape index (κ2) is 6.50. The molecule has 2 heterocycles. The summed E-state index contributed by atoms with van der Waals surface area (Å²) >= 11 is 1.53. The quantitative estimate of drug-likeness (QED) is 0.708. The maximum Gasteiger partial charge on any atom is 0.257 e. The lowest BCUT2D eigenvalue weighted by Gasteiger charge is -2.14. The maximum atomic E-state index is 8.92. The van der Waals surface area contributed by atoms with Gasteiger partial charge in [-0.2, -0.15) is 5.26 Å². The van der Waals surface area contributed by atoms with Gasteiger partial charge in [-0.25, -0.2) is 0 Å². The number of benzene rings is 1. The van der Waals surface area contributed by atoms with Crippen molar-refractivity contribution in [2.45, 2.75) is 13.0 Å². The molecule has 1 atom stereocenters. The van der Waals surface area contributed by atoms with E-state index >= 15 is 0 Å².